The molecule has 0 aliphatic carbocycles. The van der Waals surface area contributed by atoms with Gasteiger partial charge in [0, 0.05) is 12.2 Å². The highest BCUT2D eigenvalue weighted by atomic mass is 35.5. The zero-order chi connectivity index (χ0) is 16.9. The highest BCUT2D eigenvalue weighted by Gasteiger charge is 2.18. The molecule has 0 spiro atoms. The molecule has 1 heterocycles. The Morgan fingerprint density at radius 1 is 1.00 bits per heavy atom. The Hall–Kier alpha value is -1.53. The van der Waals surface area contributed by atoms with E-state index in [4.69, 9.17) is 27.6 Å². The van der Waals surface area contributed by atoms with Crippen molar-refractivity contribution < 1.29 is 10.2 Å². The summed E-state index contributed by atoms with van der Waals surface area (Å²) in [6, 6.07) is 15.6. The van der Waals surface area contributed by atoms with Crippen molar-refractivity contribution in [1.29, 1.82) is 0 Å². The standard InChI is InChI=1S/C17H15Cl2N3OS/c18-13-7-6-12(8-14(13)19)10-24-17-22-21-16(23-17)15(20)9-11-4-2-1-3-5-11/h1-8,15H,9-10,20H2/p+1/t15-/m0/s1. The van der Waals surface area contributed by atoms with Crippen LogP contribution >= 0.6 is 35.0 Å². The molecule has 3 aromatic rings. The van der Waals surface area contributed by atoms with Gasteiger partial charge >= 0.3 is 0 Å². The number of hydrogen-bond acceptors (Lipinski definition) is 4. The smallest absolute Gasteiger partial charge is 0.277 e. The normalized spacial score (nSPS) is 12.3. The molecule has 0 amide bonds. The summed E-state index contributed by atoms with van der Waals surface area (Å²) in [7, 11) is 0. The fourth-order valence-corrected chi connectivity index (χ4v) is 3.24. The minimum Gasteiger partial charge on any atom is -0.410 e. The van der Waals surface area contributed by atoms with E-state index in [1.165, 1.54) is 17.3 Å². The summed E-state index contributed by atoms with van der Waals surface area (Å²) < 4.78 is 5.71. The van der Waals surface area contributed by atoms with Crippen molar-refractivity contribution in [3.63, 3.8) is 0 Å². The summed E-state index contributed by atoms with van der Waals surface area (Å²) in [6.45, 7) is 0. The fourth-order valence-electron chi connectivity index (χ4n) is 2.20. The predicted octanol–water partition coefficient (Wildman–Crippen LogP) is 4.19. The Bertz CT molecular complexity index is 811. The first kappa shape index (κ1) is 17.3. The number of quaternary nitrogens is 1. The number of thioether (sulfide) groups is 1. The van der Waals surface area contributed by atoms with Gasteiger partial charge in [0.25, 0.3) is 11.1 Å². The van der Waals surface area contributed by atoms with Gasteiger partial charge < -0.3 is 10.2 Å². The Kier molecular flexibility index (Phi) is 5.79. The van der Waals surface area contributed by atoms with Crippen molar-refractivity contribution >= 4 is 35.0 Å². The molecule has 0 bridgehead atoms. The van der Waals surface area contributed by atoms with Crippen molar-refractivity contribution in [1.82, 2.24) is 10.2 Å². The number of benzene rings is 2. The molecule has 1 aromatic heterocycles. The summed E-state index contributed by atoms with van der Waals surface area (Å²) >= 11 is 13.4. The third kappa shape index (κ3) is 4.51. The molecule has 7 heteroatoms. The van der Waals surface area contributed by atoms with Crippen LogP contribution in [0.4, 0.5) is 0 Å². The van der Waals surface area contributed by atoms with Gasteiger partial charge in [0.1, 0.15) is 0 Å². The van der Waals surface area contributed by atoms with E-state index >= 15 is 0 Å². The van der Waals surface area contributed by atoms with Crippen LogP contribution in [-0.4, -0.2) is 10.2 Å². The van der Waals surface area contributed by atoms with E-state index in [1.807, 2.05) is 30.3 Å². The van der Waals surface area contributed by atoms with Crippen LogP contribution in [0.25, 0.3) is 0 Å². The zero-order valence-corrected chi connectivity index (χ0v) is 15.1. The molecule has 2 aromatic carbocycles. The van der Waals surface area contributed by atoms with E-state index in [0.29, 0.717) is 26.9 Å². The fraction of sp³-hybridized carbons (Fsp3) is 0.176. The molecular formula is C17H16Cl2N3OS+. The maximum absolute atomic E-state index is 6.02. The van der Waals surface area contributed by atoms with E-state index in [0.717, 1.165) is 12.0 Å². The molecule has 0 saturated carbocycles. The number of aromatic nitrogens is 2. The van der Waals surface area contributed by atoms with Crippen LogP contribution in [0.1, 0.15) is 23.1 Å². The Morgan fingerprint density at radius 2 is 1.79 bits per heavy atom. The van der Waals surface area contributed by atoms with Crippen molar-refractivity contribution in [3.05, 3.63) is 75.6 Å². The van der Waals surface area contributed by atoms with Crippen LogP contribution in [0.2, 0.25) is 10.0 Å². The summed E-state index contributed by atoms with van der Waals surface area (Å²) in [5, 5.41) is 9.81. The Labute approximate surface area is 154 Å². The first-order valence-corrected chi connectivity index (χ1v) is 9.13. The quantitative estimate of drug-likeness (QED) is 0.650. The van der Waals surface area contributed by atoms with E-state index in [2.05, 4.69) is 28.1 Å². The lowest BCUT2D eigenvalue weighted by Gasteiger charge is -2.03. The van der Waals surface area contributed by atoms with E-state index < -0.39 is 0 Å². The van der Waals surface area contributed by atoms with Crippen LogP contribution < -0.4 is 5.73 Å². The van der Waals surface area contributed by atoms with Gasteiger partial charge in [0.05, 0.1) is 10.0 Å². The highest BCUT2D eigenvalue weighted by molar-refractivity contribution is 7.98. The molecule has 0 unspecified atom stereocenters. The first-order valence-electron chi connectivity index (χ1n) is 7.39. The molecule has 0 radical (unpaired) electrons. The predicted molar refractivity (Wildman–Crippen MR) is 96.1 cm³/mol. The molecule has 0 saturated heterocycles. The summed E-state index contributed by atoms with van der Waals surface area (Å²) in [4.78, 5) is 0. The molecule has 124 valence electrons. The average Bonchev–Trinajstić information content (AvgIpc) is 3.06. The topological polar surface area (TPSA) is 66.6 Å². The van der Waals surface area contributed by atoms with Gasteiger partial charge in [-0.15, -0.1) is 10.2 Å². The second kappa shape index (κ2) is 8.03. The SMILES string of the molecule is [NH3+][C@@H](Cc1ccccc1)c1nnc(SCc2ccc(Cl)c(Cl)c2)o1. The lowest BCUT2D eigenvalue weighted by Crippen LogP contribution is -2.54. The van der Waals surface area contributed by atoms with Crippen molar-refractivity contribution in [3.8, 4) is 0 Å². The van der Waals surface area contributed by atoms with Crippen LogP contribution in [0.3, 0.4) is 0 Å². The van der Waals surface area contributed by atoms with Crippen LogP contribution in [-0.2, 0) is 12.2 Å². The molecule has 3 rings (SSSR count). The van der Waals surface area contributed by atoms with E-state index in [9.17, 15) is 0 Å². The van der Waals surface area contributed by atoms with Gasteiger partial charge in [-0.25, -0.2) is 0 Å². The lowest BCUT2D eigenvalue weighted by molar-refractivity contribution is -0.431. The monoisotopic (exact) mass is 380 g/mol. The third-order valence-electron chi connectivity index (χ3n) is 3.44. The van der Waals surface area contributed by atoms with E-state index in [1.54, 1.807) is 6.07 Å². The summed E-state index contributed by atoms with van der Waals surface area (Å²) in [5.41, 5.74) is 6.36. The second-order valence-electron chi connectivity index (χ2n) is 5.33. The minimum absolute atomic E-state index is 0.0702. The summed E-state index contributed by atoms with van der Waals surface area (Å²) in [5.74, 6) is 1.23. The molecule has 3 N–H and O–H groups in total. The highest BCUT2D eigenvalue weighted by Crippen LogP contribution is 2.27. The third-order valence-corrected chi connectivity index (χ3v) is 5.07. The van der Waals surface area contributed by atoms with Crippen LogP contribution in [0, 0.1) is 0 Å². The van der Waals surface area contributed by atoms with Gasteiger partial charge in [-0.3, -0.25) is 0 Å². The number of rotatable bonds is 6. The number of nitrogens with zero attached hydrogens (tertiary/aromatic N) is 2. The van der Waals surface area contributed by atoms with Crippen molar-refractivity contribution in [2.45, 2.75) is 23.4 Å². The maximum atomic E-state index is 6.02. The van der Waals surface area contributed by atoms with Gasteiger partial charge in [-0.2, -0.15) is 0 Å². The van der Waals surface area contributed by atoms with Crippen molar-refractivity contribution in [2.75, 3.05) is 0 Å². The first-order chi connectivity index (χ1) is 11.6. The molecule has 0 aliphatic rings. The van der Waals surface area contributed by atoms with Gasteiger partial charge in [0.2, 0.25) is 0 Å². The molecule has 0 aliphatic heterocycles. The minimum atomic E-state index is -0.0702. The molecular weight excluding hydrogens is 365 g/mol. The molecule has 24 heavy (non-hydrogen) atoms. The largest absolute Gasteiger partial charge is 0.410 e. The molecule has 1 atom stereocenters. The molecule has 4 nitrogen and oxygen atoms in total. The van der Waals surface area contributed by atoms with Crippen LogP contribution in [0.15, 0.2) is 58.2 Å². The average molecular weight is 381 g/mol. The number of halogens is 2. The van der Waals surface area contributed by atoms with Gasteiger partial charge in [-0.1, -0.05) is 71.4 Å². The van der Waals surface area contributed by atoms with Gasteiger partial charge in [-0.05, 0) is 23.3 Å². The summed E-state index contributed by atoms with van der Waals surface area (Å²) in [6.07, 6.45) is 0.764. The van der Waals surface area contributed by atoms with Gasteiger partial charge in [0.15, 0.2) is 6.04 Å². The van der Waals surface area contributed by atoms with Crippen molar-refractivity contribution in [2.24, 2.45) is 0 Å². The maximum Gasteiger partial charge on any atom is 0.277 e. The zero-order valence-electron chi connectivity index (χ0n) is 12.8. The lowest BCUT2D eigenvalue weighted by atomic mass is 10.1. The second-order valence-corrected chi connectivity index (χ2v) is 7.07. The number of hydrogen-bond donors (Lipinski definition) is 1. The van der Waals surface area contributed by atoms with Crippen LogP contribution in [0.5, 0.6) is 0 Å². The molecule has 0 fully saturated rings. The van der Waals surface area contributed by atoms with E-state index in [-0.39, 0.29) is 6.04 Å². The Morgan fingerprint density at radius 3 is 2.54 bits per heavy atom. The Balaban J connectivity index is 1.59.